The fourth-order valence-electron chi connectivity index (χ4n) is 3.98. The van der Waals surface area contributed by atoms with Crippen molar-refractivity contribution in [2.24, 2.45) is 0 Å². The van der Waals surface area contributed by atoms with E-state index in [2.05, 4.69) is 19.5 Å². The monoisotopic (exact) mass is 426 g/mol. The molecule has 5 rings (SSSR count). The zero-order valence-electron chi connectivity index (χ0n) is 16.7. The van der Waals surface area contributed by atoms with Crippen LogP contribution in [0.1, 0.15) is 20.7 Å². The second-order valence-electron chi connectivity index (χ2n) is 7.32. The Morgan fingerprint density at radius 1 is 1.03 bits per heavy atom. The minimum Gasteiger partial charge on any atom is -0.454 e. The smallest absolute Gasteiger partial charge is 0.255 e. The molecule has 0 fully saturated rings. The Labute approximate surface area is 180 Å². The summed E-state index contributed by atoms with van der Waals surface area (Å²) in [4.78, 5) is 27.5. The van der Waals surface area contributed by atoms with Crippen LogP contribution in [0, 0.1) is 0 Å². The number of furan rings is 1. The zero-order chi connectivity index (χ0) is 21.5. The van der Waals surface area contributed by atoms with Crippen LogP contribution in [0.25, 0.3) is 44.3 Å². The van der Waals surface area contributed by atoms with E-state index in [4.69, 9.17) is 4.42 Å². The molecule has 0 radical (unpaired) electrons. The number of aromatic nitrogens is 1. The zero-order valence-corrected chi connectivity index (χ0v) is 17.9. The van der Waals surface area contributed by atoms with Gasteiger partial charge in [-0.15, -0.1) is 9.24 Å². The van der Waals surface area contributed by atoms with Gasteiger partial charge < -0.3 is 14.7 Å². The van der Waals surface area contributed by atoms with E-state index < -0.39 is 0 Å². The van der Waals surface area contributed by atoms with E-state index in [0.717, 1.165) is 44.6 Å². The molecular weight excluding hydrogens is 407 g/mol. The molecule has 5 nitrogen and oxygen atoms in total. The minimum absolute atomic E-state index is 0.217. The van der Waals surface area contributed by atoms with Crippen LogP contribution in [0.2, 0.25) is 0 Å². The highest BCUT2D eigenvalue weighted by Crippen LogP contribution is 2.41. The largest absolute Gasteiger partial charge is 0.454 e. The Morgan fingerprint density at radius 3 is 2.58 bits per heavy atom. The highest BCUT2D eigenvalue weighted by molar-refractivity contribution is 7.27. The molecule has 0 saturated carbocycles. The number of aromatic amines is 1. The Hall–Kier alpha value is -3.69. The second-order valence-corrected chi connectivity index (χ2v) is 7.98. The number of carbonyl (C=O) groups is 2. The van der Waals surface area contributed by atoms with Gasteiger partial charge in [0.05, 0.1) is 11.1 Å². The Balaban J connectivity index is 1.87. The second kappa shape index (κ2) is 7.53. The normalized spacial score (nSPS) is 11.2. The van der Waals surface area contributed by atoms with E-state index in [9.17, 15) is 9.59 Å². The van der Waals surface area contributed by atoms with Crippen molar-refractivity contribution in [3.8, 4) is 22.5 Å². The lowest BCUT2D eigenvalue weighted by Crippen LogP contribution is -2.18. The molecule has 5 aromatic rings. The number of fused-ring (bicyclic) bond motifs is 3. The molecule has 3 aromatic carbocycles. The van der Waals surface area contributed by atoms with Crippen molar-refractivity contribution < 1.29 is 14.0 Å². The van der Waals surface area contributed by atoms with Crippen LogP contribution >= 0.6 is 9.24 Å². The molecule has 1 amide bonds. The number of amides is 1. The molecule has 2 N–H and O–H groups in total. The molecule has 0 aliphatic carbocycles. The van der Waals surface area contributed by atoms with E-state index in [1.807, 2.05) is 60.8 Å². The van der Waals surface area contributed by atoms with Gasteiger partial charge in [-0.1, -0.05) is 42.5 Å². The average Bonchev–Trinajstić information content (AvgIpc) is 3.43. The summed E-state index contributed by atoms with van der Waals surface area (Å²) < 4.78 is 6.31. The highest BCUT2D eigenvalue weighted by atomic mass is 31.0. The van der Waals surface area contributed by atoms with Gasteiger partial charge in [0.2, 0.25) is 0 Å². The first-order chi connectivity index (χ1) is 15.1. The van der Waals surface area contributed by atoms with Crippen LogP contribution < -0.4 is 10.6 Å². The van der Waals surface area contributed by atoms with Gasteiger partial charge in [0.25, 0.3) is 5.91 Å². The summed E-state index contributed by atoms with van der Waals surface area (Å²) in [7, 11) is 4.27. The molecule has 1 atom stereocenters. The fraction of sp³-hybridized carbons (Fsp3) is 0.0400. The van der Waals surface area contributed by atoms with Crippen molar-refractivity contribution in [1.29, 1.82) is 0 Å². The summed E-state index contributed by atoms with van der Waals surface area (Å²) in [6.45, 7) is 0. The number of carbonyl (C=O) groups excluding carboxylic acids is 2. The van der Waals surface area contributed by atoms with Crippen LogP contribution in [0.3, 0.4) is 0 Å². The minimum atomic E-state index is -0.217. The van der Waals surface area contributed by atoms with Gasteiger partial charge in [-0.3, -0.25) is 9.59 Å². The number of H-pyrrole nitrogens is 1. The molecule has 0 saturated heterocycles. The van der Waals surface area contributed by atoms with Gasteiger partial charge in [0.15, 0.2) is 0 Å². The molecule has 2 heterocycles. The van der Waals surface area contributed by atoms with Crippen LogP contribution in [0.4, 0.5) is 0 Å². The molecule has 6 heteroatoms. The Morgan fingerprint density at radius 2 is 1.84 bits per heavy atom. The number of nitrogens with one attached hydrogen (secondary N) is 2. The van der Waals surface area contributed by atoms with E-state index >= 15 is 0 Å². The summed E-state index contributed by atoms with van der Waals surface area (Å²) in [6.07, 6.45) is 2.68. The summed E-state index contributed by atoms with van der Waals surface area (Å²) in [5.41, 5.74) is 5.23. The van der Waals surface area contributed by atoms with E-state index in [1.54, 1.807) is 13.1 Å². The molecule has 31 heavy (non-hydrogen) atoms. The topological polar surface area (TPSA) is 75.1 Å². The predicted octanol–water partition coefficient (Wildman–Crippen LogP) is 4.92. The average molecular weight is 426 g/mol. The van der Waals surface area contributed by atoms with Crippen molar-refractivity contribution in [3.63, 3.8) is 0 Å². The molecule has 152 valence electrons. The maximum Gasteiger partial charge on any atom is 0.255 e. The maximum absolute atomic E-state index is 12.9. The quantitative estimate of drug-likeness (QED) is 0.316. The van der Waals surface area contributed by atoms with Gasteiger partial charge in [-0.25, -0.2) is 0 Å². The molecule has 0 aliphatic heterocycles. The summed E-state index contributed by atoms with van der Waals surface area (Å²) in [5.74, 6) is 0.312. The van der Waals surface area contributed by atoms with Crippen LogP contribution in [0.15, 0.2) is 71.3 Å². The fourth-order valence-corrected chi connectivity index (χ4v) is 4.17. The van der Waals surface area contributed by atoms with Crippen molar-refractivity contribution in [1.82, 2.24) is 10.3 Å². The Bertz CT molecular complexity index is 1460. The Kier molecular flexibility index (Phi) is 4.68. The van der Waals surface area contributed by atoms with Crippen molar-refractivity contribution in [2.45, 2.75) is 0 Å². The first-order valence-corrected chi connectivity index (χ1v) is 10.4. The van der Waals surface area contributed by atoms with Crippen molar-refractivity contribution >= 4 is 48.6 Å². The SMILES string of the molecule is CNC(=O)c1c(-c2ccc(P)cc2)oc2c1cc(-c1cccc(C=O)c1)c1[nH]ccc12. The van der Waals surface area contributed by atoms with Crippen LogP contribution in [-0.2, 0) is 0 Å². The van der Waals surface area contributed by atoms with Gasteiger partial charge in [-0.05, 0) is 29.1 Å². The van der Waals surface area contributed by atoms with E-state index in [0.29, 0.717) is 22.5 Å². The third-order valence-electron chi connectivity index (χ3n) is 5.46. The maximum atomic E-state index is 12.9. The first-order valence-electron chi connectivity index (χ1n) is 9.81. The van der Waals surface area contributed by atoms with Crippen LogP contribution in [-0.4, -0.2) is 24.2 Å². The van der Waals surface area contributed by atoms with E-state index in [1.165, 1.54) is 0 Å². The number of hydrogen-bond acceptors (Lipinski definition) is 3. The summed E-state index contributed by atoms with van der Waals surface area (Å²) >= 11 is 0. The van der Waals surface area contributed by atoms with Crippen LogP contribution in [0.5, 0.6) is 0 Å². The molecule has 2 aromatic heterocycles. The number of aldehydes is 1. The summed E-state index contributed by atoms with van der Waals surface area (Å²) in [6, 6.07) is 19.1. The standard InChI is InChI=1S/C25H19N2O3P/c1-26-25(29)21-20-12-19(16-4-2-3-14(11-16)13-28)22-18(9-10-27-22)24(20)30-23(21)15-5-7-17(31)8-6-15/h2-13,27H,31H2,1H3,(H,26,29). The summed E-state index contributed by atoms with van der Waals surface area (Å²) in [5, 5.41) is 5.39. The van der Waals surface area contributed by atoms with Crippen molar-refractivity contribution in [3.05, 3.63) is 78.0 Å². The van der Waals surface area contributed by atoms with Gasteiger partial charge in [0.1, 0.15) is 17.6 Å². The predicted molar refractivity (Wildman–Crippen MR) is 127 cm³/mol. The lowest BCUT2D eigenvalue weighted by Gasteiger charge is -2.07. The molecule has 0 spiro atoms. The molecule has 0 bridgehead atoms. The molecule has 0 aliphatic rings. The highest BCUT2D eigenvalue weighted by Gasteiger charge is 2.24. The number of hydrogen-bond donors (Lipinski definition) is 2. The number of rotatable bonds is 4. The van der Waals surface area contributed by atoms with E-state index in [-0.39, 0.29) is 5.91 Å². The lowest BCUT2D eigenvalue weighted by atomic mass is 9.97. The molecular formula is C25H19N2O3P. The molecule has 1 unspecified atom stereocenters. The first kappa shape index (κ1) is 19.3. The van der Waals surface area contributed by atoms with Crippen molar-refractivity contribution in [2.75, 3.05) is 7.05 Å². The third-order valence-corrected chi connectivity index (χ3v) is 5.84. The third kappa shape index (κ3) is 3.15. The van der Waals surface area contributed by atoms with Gasteiger partial charge >= 0.3 is 0 Å². The number of benzene rings is 3. The van der Waals surface area contributed by atoms with Gasteiger partial charge in [-0.2, -0.15) is 0 Å². The lowest BCUT2D eigenvalue weighted by molar-refractivity contribution is 0.0964. The van der Waals surface area contributed by atoms with Gasteiger partial charge in [0, 0.05) is 40.7 Å².